The Kier molecular flexibility index (Phi) is 3.53. The van der Waals surface area contributed by atoms with Gasteiger partial charge in [-0.2, -0.15) is 0 Å². The molecule has 0 fully saturated rings. The number of ether oxygens (including phenoxy) is 1. The molecular formula is C11H13ClO2. The second kappa shape index (κ2) is 4.47. The monoisotopic (exact) mass is 212 g/mol. The number of hydrogen-bond acceptors (Lipinski definition) is 2. The van der Waals surface area contributed by atoms with E-state index in [1.54, 1.807) is 13.0 Å². The van der Waals surface area contributed by atoms with Crippen LogP contribution in [0.15, 0.2) is 12.1 Å². The van der Waals surface area contributed by atoms with Crippen LogP contribution in [0.2, 0.25) is 5.02 Å². The van der Waals surface area contributed by atoms with Crippen molar-refractivity contribution in [2.75, 3.05) is 6.61 Å². The highest BCUT2D eigenvalue weighted by atomic mass is 35.5. The fourth-order valence-corrected chi connectivity index (χ4v) is 1.51. The average Bonchev–Trinajstić information content (AvgIpc) is 2.11. The lowest BCUT2D eigenvalue weighted by atomic mass is 10.0. The summed E-state index contributed by atoms with van der Waals surface area (Å²) in [6.07, 6.45) is 0. The van der Waals surface area contributed by atoms with Crippen LogP contribution in [0.3, 0.4) is 0 Å². The second-order valence-corrected chi connectivity index (χ2v) is 3.55. The minimum atomic E-state index is -0.310. The molecule has 1 aromatic rings. The van der Waals surface area contributed by atoms with Crippen LogP contribution in [0, 0.1) is 13.8 Å². The predicted octanol–water partition coefficient (Wildman–Crippen LogP) is 3.13. The van der Waals surface area contributed by atoms with Gasteiger partial charge in [0.2, 0.25) is 0 Å². The Morgan fingerprint density at radius 2 is 2.07 bits per heavy atom. The number of halogens is 1. The van der Waals surface area contributed by atoms with E-state index in [1.165, 1.54) is 0 Å². The number of carbonyl (C=O) groups excluding carboxylic acids is 1. The Morgan fingerprint density at radius 1 is 1.43 bits per heavy atom. The maximum absolute atomic E-state index is 11.5. The van der Waals surface area contributed by atoms with Gasteiger partial charge >= 0.3 is 5.97 Å². The molecule has 0 aliphatic rings. The van der Waals surface area contributed by atoms with E-state index in [1.807, 2.05) is 19.9 Å². The molecule has 0 aromatic heterocycles. The standard InChI is InChI=1S/C11H13ClO2/c1-4-14-11(13)10-6-9(12)5-7(2)8(10)3/h5-6H,4H2,1-3H3. The van der Waals surface area contributed by atoms with Crippen molar-refractivity contribution in [3.63, 3.8) is 0 Å². The summed E-state index contributed by atoms with van der Waals surface area (Å²) in [5.74, 6) is -0.310. The van der Waals surface area contributed by atoms with E-state index in [0.717, 1.165) is 11.1 Å². The molecule has 76 valence electrons. The molecule has 0 amide bonds. The molecule has 2 nitrogen and oxygen atoms in total. The molecule has 1 rings (SSSR count). The maximum Gasteiger partial charge on any atom is 0.338 e. The highest BCUT2D eigenvalue weighted by Gasteiger charge is 2.12. The third-order valence-corrected chi connectivity index (χ3v) is 2.35. The molecule has 0 spiro atoms. The zero-order chi connectivity index (χ0) is 10.7. The van der Waals surface area contributed by atoms with Gasteiger partial charge in [0.15, 0.2) is 0 Å². The van der Waals surface area contributed by atoms with Crippen LogP contribution in [-0.2, 0) is 4.74 Å². The Balaban J connectivity index is 3.13. The van der Waals surface area contributed by atoms with Crippen LogP contribution in [0.1, 0.15) is 28.4 Å². The summed E-state index contributed by atoms with van der Waals surface area (Å²) in [6, 6.07) is 3.47. The van der Waals surface area contributed by atoms with Gasteiger partial charge in [-0.05, 0) is 44.0 Å². The summed E-state index contributed by atoms with van der Waals surface area (Å²) in [7, 11) is 0. The molecule has 0 saturated carbocycles. The summed E-state index contributed by atoms with van der Waals surface area (Å²) >= 11 is 5.86. The summed E-state index contributed by atoms with van der Waals surface area (Å²) in [5, 5.41) is 0.566. The Bertz CT molecular complexity index is 359. The van der Waals surface area contributed by atoms with Crippen molar-refractivity contribution in [3.8, 4) is 0 Å². The van der Waals surface area contributed by atoms with Crippen molar-refractivity contribution < 1.29 is 9.53 Å². The van der Waals surface area contributed by atoms with Gasteiger partial charge in [-0.25, -0.2) is 4.79 Å². The molecule has 0 radical (unpaired) electrons. The fraction of sp³-hybridized carbons (Fsp3) is 0.364. The van der Waals surface area contributed by atoms with E-state index in [-0.39, 0.29) is 5.97 Å². The van der Waals surface area contributed by atoms with E-state index in [4.69, 9.17) is 16.3 Å². The SMILES string of the molecule is CCOC(=O)c1cc(Cl)cc(C)c1C. The van der Waals surface area contributed by atoms with Crippen LogP contribution in [0.4, 0.5) is 0 Å². The van der Waals surface area contributed by atoms with E-state index in [2.05, 4.69) is 0 Å². The van der Waals surface area contributed by atoms with Crippen molar-refractivity contribution >= 4 is 17.6 Å². The van der Waals surface area contributed by atoms with Gasteiger partial charge < -0.3 is 4.74 Å². The van der Waals surface area contributed by atoms with Gasteiger partial charge in [-0.1, -0.05) is 11.6 Å². The molecule has 14 heavy (non-hydrogen) atoms. The number of benzene rings is 1. The molecule has 0 bridgehead atoms. The lowest BCUT2D eigenvalue weighted by molar-refractivity contribution is 0.0525. The third kappa shape index (κ3) is 2.26. The summed E-state index contributed by atoms with van der Waals surface area (Å²) in [5.41, 5.74) is 2.48. The van der Waals surface area contributed by atoms with Crippen molar-refractivity contribution in [1.82, 2.24) is 0 Å². The summed E-state index contributed by atoms with van der Waals surface area (Å²) in [6.45, 7) is 5.97. The predicted molar refractivity (Wildman–Crippen MR) is 56.9 cm³/mol. The highest BCUT2D eigenvalue weighted by Crippen LogP contribution is 2.20. The number of aryl methyl sites for hydroxylation is 1. The smallest absolute Gasteiger partial charge is 0.338 e. The van der Waals surface area contributed by atoms with Crippen LogP contribution in [0.25, 0.3) is 0 Å². The van der Waals surface area contributed by atoms with Gasteiger partial charge in [-0.15, -0.1) is 0 Å². The average molecular weight is 213 g/mol. The van der Waals surface area contributed by atoms with Crippen LogP contribution in [0.5, 0.6) is 0 Å². The van der Waals surface area contributed by atoms with Crippen molar-refractivity contribution in [2.45, 2.75) is 20.8 Å². The molecule has 0 aliphatic carbocycles. The zero-order valence-corrected chi connectivity index (χ0v) is 9.31. The van der Waals surface area contributed by atoms with Crippen LogP contribution in [-0.4, -0.2) is 12.6 Å². The van der Waals surface area contributed by atoms with Gasteiger partial charge in [-0.3, -0.25) is 0 Å². The van der Waals surface area contributed by atoms with Gasteiger partial charge in [0.05, 0.1) is 12.2 Å². The molecule has 0 N–H and O–H groups in total. The molecule has 1 aromatic carbocycles. The minimum Gasteiger partial charge on any atom is -0.462 e. The topological polar surface area (TPSA) is 26.3 Å². The molecule has 0 aliphatic heterocycles. The molecule has 0 saturated heterocycles. The Labute approximate surface area is 88.8 Å². The number of carbonyl (C=O) groups is 1. The second-order valence-electron chi connectivity index (χ2n) is 3.12. The van der Waals surface area contributed by atoms with Gasteiger partial charge in [0.1, 0.15) is 0 Å². The van der Waals surface area contributed by atoms with Crippen LogP contribution < -0.4 is 0 Å². The van der Waals surface area contributed by atoms with E-state index >= 15 is 0 Å². The first-order valence-electron chi connectivity index (χ1n) is 4.50. The Morgan fingerprint density at radius 3 is 2.64 bits per heavy atom. The lowest BCUT2D eigenvalue weighted by Gasteiger charge is -2.08. The quantitative estimate of drug-likeness (QED) is 0.704. The van der Waals surface area contributed by atoms with Crippen LogP contribution >= 0.6 is 11.6 Å². The van der Waals surface area contributed by atoms with Crippen molar-refractivity contribution in [2.24, 2.45) is 0 Å². The first-order valence-corrected chi connectivity index (χ1v) is 4.88. The first kappa shape index (κ1) is 11.1. The summed E-state index contributed by atoms with van der Waals surface area (Å²) in [4.78, 5) is 11.5. The minimum absolute atomic E-state index is 0.310. The Hall–Kier alpha value is -1.02. The van der Waals surface area contributed by atoms with Gasteiger partial charge in [0, 0.05) is 5.02 Å². The number of hydrogen-bond donors (Lipinski definition) is 0. The zero-order valence-electron chi connectivity index (χ0n) is 8.56. The van der Waals surface area contributed by atoms with Crippen molar-refractivity contribution in [3.05, 3.63) is 33.8 Å². The molecular weight excluding hydrogens is 200 g/mol. The maximum atomic E-state index is 11.5. The van der Waals surface area contributed by atoms with E-state index in [9.17, 15) is 4.79 Å². The highest BCUT2D eigenvalue weighted by molar-refractivity contribution is 6.31. The van der Waals surface area contributed by atoms with Crippen molar-refractivity contribution in [1.29, 1.82) is 0 Å². The number of rotatable bonds is 2. The van der Waals surface area contributed by atoms with E-state index < -0.39 is 0 Å². The molecule has 3 heteroatoms. The molecule has 0 heterocycles. The lowest BCUT2D eigenvalue weighted by Crippen LogP contribution is -2.07. The third-order valence-electron chi connectivity index (χ3n) is 2.13. The number of esters is 1. The molecule has 0 unspecified atom stereocenters. The fourth-order valence-electron chi connectivity index (χ4n) is 1.24. The van der Waals surface area contributed by atoms with E-state index in [0.29, 0.717) is 17.2 Å². The largest absolute Gasteiger partial charge is 0.462 e. The van der Waals surface area contributed by atoms with Gasteiger partial charge in [0.25, 0.3) is 0 Å². The first-order chi connectivity index (χ1) is 6.56. The summed E-state index contributed by atoms with van der Waals surface area (Å²) < 4.78 is 4.92. The molecule has 0 atom stereocenters. The normalized spacial score (nSPS) is 10.0.